The molecule has 0 bridgehead atoms. The minimum Gasteiger partial charge on any atom is -0.393 e. The predicted octanol–water partition coefficient (Wildman–Crippen LogP) is 8.18. The molecule has 0 radical (unpaired) electrons. The average Bonchev–Trinajstić information content (AvgIpc) is 1.72. The Balaban J connectivity index is 0.000000166. The number of anilines is 2. The standard InChI is InChI=1S/C22H27N3O5S3.C21H20Cl2N4O5S3.C21H27ClN4O7S2/c23-33(28,29)30-11-17-6-15(8-20(17)26)7-19-18(10-24-13-25-19)22(27)21-9-16(12-32-21)5-14-1-3-31-4-2-14;22-12-2-1-3-14(5-12)33-18-7-17(34-20(18)23)19(29)15-8-25-10-26-21(15)27-13-4-11(16(28)6-13)9-32-35(24,30)31;22-20-14(18(28)11-1-3-32-4-2-11)7-17(34-20)19(29)15-8-24-10-25-21(15)26-13-5-12(16(27)6-13)9-33-35(23,30)31/h1,9-10,12-13,15,17,20,26H,2-8,11H2,(H2,23,28,29);1-3,5,7-8,10-11,13,16,28H,4,6,9H2,(H2,24,30,31)(H,25,26,27);7-8,10-13,16,18,27-28H,1-6,9H2,(H2,23,30,31)(H,24,25,26)/t15-,17+,20-;11-,13-,16+;12-,13-,16+,18?/m011/s1. The van der Waals surface area contributed by atoms with Gasteiger partial charge in [0.25, 0.3) is 0 Å². The van der Waals surface area contributed by atoms with Crippen LogP contribution in [0.4, 0.5) is 11.6 Å². The number of thioether (sulfide) groups is 1. The molecule has 10 atom stereocenters. The number of halogens is 3. The van der Waals surface area contributed by atoms with Gasteiger partial charge < -0.3 is 35.8 Å². The van der Waals surface area contributed by atoms with Crippen molar-refractivity contribution in [1.29, 1.82) is 0 Å². The first-order valence-electron chi connectivity index (χ1n) is 32.2. The summed E-state index contributed by atoms with van der Waals surface area (Å²) in [6.45, 7) is 0.542. The minimum absolute atomic E-state index is 0.0102. The maximum Gasteiger partial charge on any atom is 0.333 e. The van der Waals surface area contributed by atoms with Crippen molar-refractivity contribution >= 4 is 152 Å². The van der Waals surface area contributed by atoms with Crippen molar-refractivity contribution < 1.29 is 77.3 Å². The van der Waals surface area contributed by atoms with Crippen molar-refractivity contribution in [2.75, 3.05) is 55.2 Å². The molecule has 0 spiro atoms. The fourth-order valence-corrected chi connectivity index (χ4v) is 19.4. The van der Waals surface area contributed by atoms with Crippen LogP contribution in [0.1, 0.15) is 126 Å². The van der Waals surface area contributed by atoms with Crippen LogP contribution in [0.25, 0.3) is 0 Å². The normalized spacial score (nSPS) is 22.7. The molecule has 3 aliphatic carbocycles. The first-order chi connectivity index (χ1) is 49.0. The van der Waals surface area contributed by atoms with E-state index >= 15 is 0 Å². The van der Waals surface area contributed by atoms with Gasteiger partial charge in [-0.3, -0.25) is 26.9 Å². The molecule has 3 saturated carbocycles. The largest absolute Gasteiger partial charge is 0.393 e. The van der Waals surface area contributed by atoms with Gasteiger partial charge in [-0.05, 0) is 136 Å². The van der Waals surface area contributed by atoms with E-state index in [1.807, 2.05) is 41.4 Å². The van der Waals surface area contributed by atoms with Crippen LogP contribution < -0.4 is 26.1 Å². The molecule has 1 unspecified atom stereocenters. The first kappa shape index (κ1) is 80.4. The number of benzene rings is 1. The van der Waals surface area contributed by atoms with Crippen molar-refractivity contribution in [3.63, 3.8) is 0 Å². The molecule has 28 nitrogen and oxygen atoms in total. The van der Waals surface area contributed by atoms with Crippen LogP contribution >= 0.6 is 92.3 Å². The highest BCUT2D eigenvalue weighted by Gasteiger charge is 2.39. The number of ketones is 3. The molecule has 12 N–H and O–H groups in total. The van der Waals surface area contributed by atoms with Gasteiger partial charge in [0.1, 0.15) is 35.0 Å². The average molecular weight is 1630 g/mol. The highest BCUT2D eigenvalue weighted by atomic mass is 35.5. The van der Waals surface area contributed by atoms with Gasteiger partial charge in [-0.25, -0.2) is 45.3 Å². The van der Waals surface area contributed by atoms with Crippen LogP contribution in [-0.2, 0) is 61.0 Å². The molecule has 556 valence electrons. The van der Waals surface area contributed by atoms with E-state index in [1.54, 1.807) is 24.4 Å². The molecular formula is C64H74Cl3N11O17S8. The summed E-state index contributed by atoms with van der Waals surface area (Å²) in [4.78, 5) is 67.7. The Bertz CT molecular complexity index is 4520. The van der Waals surface area contributed by atoms with Gasteiger partial charge in [-0.2, -0.15) is 37.0 Å². The zero-order chi connectivity index (χ0) is 73.8. The summed E-state index contributed by atoms with van der Waals surface area (Å²) in [6.07, 6.45) is 14.0. The Morgan fingerprint density at radius 2 is 1.19 bits per heavy atom. The summed E-state index contributed by atoms with van der Waals surface area (Å²) >= 11 is 25.9. The van der Waals surface area contributed by atoms with Gasteiger partial charge in [0.2, 0.25) is 17.3 Å². The third-order valence-electron chi connectivity index (χ3n) is 17.8. The van der Waals surface area contributed by atoms with Crippen molar-refractivity contribution in [3.05, 3.63) is 159 Å². The van der Waals surface area contributed by atoms with E-state index < -0.39 is 67.2 Å². The third kappa shape index (κ3) is 23.4. The van der Waals surface area contributed by atoms with Crippen molar-refractivity contribution in [2.45, 2.75) is 117 Å². The molecular weight excluding hydrogens is 1560 g/mol. The summed E-state index contributed by atoms with van der Waals surface area (Å²) < 4.78 is 86.4. The second kappa shape index (κ2) is 36.7. The monoisotopic (exact) mass is 1630 g/mol. The number of nitrogens with two attached hydrogens (primary N) is 3. The summed E-state index contributed by atoms with van der Waals surface area (Å²) in [5, 5.41) is 65.3. The number of carbonyl (C=O) groups is 3. The van der Waals surface area contributed by atoms with Crippen LogP contribution in [-0.4, -0.2) is 168 Å². The van der Waals surface area contributed by atoms with Gasteiger partial charge in [-0.1, -0.05) is 64.3 Å². The van der Waals surface area contributed by atoms with Crippen LogP contribution in [0, 0.1) is 29.6 Å². The second-order valence-electron chi connectivity index (χ2n) is 25.1. The fourth-order valence-electron chi connectivity index (χ4n) is 12.6. The maximum atomic E-state index is 13.3. The molecule has 7 aromatic rings. The van der Waals surface area contributed by atoms with E-state index in [4.69, 9.17) is 55.0 Å². The number of ether oxygens (including phenoxy) is 1. The number of aliphatic hydroxyl groups is 4. The van der Waals surface area contributed by atoms with Crippen LogP contribution in [0.2, 0.25) is 13.7 Å². The van der Waals surface area contributed by atoms with Gasteiger partial charge in [0.15, 0.2) is 0 Å². The topological polar surface area (TPSA) is 451 Å². The Hall–Kier alpha value is -5.11. The lowest BCUT2D eigenvalue weighted by Crippen LogP contribution is -2.24. The number of nitrogens with one attached hydrogen (secondary N) is 2. The number of aromatic nitrogens is 6. The Morgan fingerprint density at radius 3 is 1.76 bits per heavy atom. The summed E-state index contributed by atoms with van der Waals surface area (Å²) in [5.41, 5.74) is 4.68. The van der Waals surface area contributed by atoms with E-state index in [1.165, 1.54) is 60.0 Å². The van der Waals surface area contributed by atoms with Crippen LogP contribution in [0.5, 0.6) is 0 Å². The zero-order valence-electron chi connectivity index (χ0n) is 54.7. The number of thiophene rings is 3. The fraction of sp³-hybridized carbons (Fsp3) is 0.453. The van der Waals surface area contributed by atoms with E-state index in [0.717, 1.165) is 62.4 Å². The summed E-state index contributed by atoms with van der Waals surface area (Å²) in [5.74, 6) is 0.897. The van der Waals surface area contributed by atoms with Crippen molar-refractivity contribution in [3.8, 4) is 0 Å². The van der Waals surface area contributed by atoms with Gasteiger partial charge in [0.05, 0.1) is 85.6 Å². The van der Waals surface area contributed by atoms with Crippen molar-refractivity contribution in [1.82, 2.24) is 29.9 Å². The zero-order valence-corrected chi connectivity index (χ0v) is 63.5. The van der Waals surface area contributed by atoms with Crippen molar-refractivity contribution in [2.24, 2.45) is 45.0 Å². The number of hydrogen-bond donors (Lipinski definition) is 9. The molecule has 39 heteroatoms. The van der Waals surface area contributed by atoms with Crippen LogP contribution in [0.15, 0.2) is 107 Å². The summed E-state index contributed by atoms with van der Waals surface area (Å²) in [7, 11) is -12.3. The lowest BCUT2D eigenvalue weighted by molar-refractivity contribution is 0.00736. The second-order valence-corrected chi connectivity index (χ2v) is 35.7. The highest BCUT2D eigenvalue weighted by Crippen LogP contribution is 2.43. The molecule has 0 amide bonds. The number of allylic oxidation sites excluding steroid dienone is 1. The minimum atomic E-state index is -4.11. The molecule has 1 aromatic carbocycles. The molecule has 1 saturated heterocycles. The summed E-state index contributed by atoms with van der Waals surface area (Å²) in [6, 6.07) is 12.1. The first-order valence-corrected chi connectivity index (χ1v) is 42.2. The molecule has 2 aliphatic heterocycles. The Kier molecular flexibility index (Phi) is 28.6. The maximum absolute atomic E-state index is 13.3. The Morgan fingerprint density at radius 1 is 0.660 bits per heavy atom. The molecule has 6 aromatic heterocycles. The van der Waals surface area contributed by atoms with E-state index in [9.17, 15) is 60.1 Å². The van der Waals surface area contributed by atoms with E-state index in [-0.39, 0.29) is 84.0 Å². The van der Waals surface area contributed by atoms with Gasteiger partial charge >= 0.3 is 30.9 Å². The predicted molar refractivity (Wildman–Crippen MR) is 393 cm³/mol. The molecule has 103 heavy (non-hydrogen) atoms. The van der Waals surface area contributed by atoms with Crippen LogP contribution in [0.3, 0.4) is 0 Å². The number of nitrogens with zero attached hydrogens (tertiary/aromatic N) is 6. The van der Waals surface area contributed by atoms with E-state index in [0.29, 0.717) is 122 Å². The lowest BCUT2D eigenvalue weighted by atomic mass is 9.90. The number of carbonyl (C=O) groups excluding carboxylic acids is 3. The quantitative estimate of drug-likeness (QED) is 0.0173. The molecule has 4 fully saturated rings. The SMILES string of the molecule is NS(=O)(=O)OC[C@H]1C[C@@H](Cc2ncncc2C(=O)c2cc(CC3=CCSCC3)cs2)C[C@@H]1O.NS(=O)(=O)OC[C@H]1C[C@@H](Nc2ncncc2C(=O)c2cc(C(O)C3CCOCC3)c(Cl)s2)C[C@@H]1O.NS(=O)(=O)OC[C@H]1C[C@@H](Nc2ncncc2C(=O)c2cc(Sc3cccc(Cl)c3)c(Cl)s2)C[C@@H]1O. The molecule has 8 heterocycles. The van der Waals surface area contributed by atoms with Gasteiger partial charge in [-0.15, -0.1) is 34.0 Å². The highest BCUT2D eigenvalue weighted by molar-refractivity contribution is 7.99. The van der Waals surface area contributed by atoms with E-state index in [2.05, 4.69) is 59.2 Å². The molecule has 12 rings (SSSR count). The number of hydrogen-bond acceptors (Lipinski definition) is 30. The lowest BCUT2D eigenvalue weighted by Gasteiger charge is -2.26. The third-order valence-corrected chi connectivity index (χ3v) is 25.3. The Labute approximate surface area is 630 Å². The number of aliphatic hydroxyl groups excluding tert-OH is 4. The smallest absolute Gasteiger partial charge is 0.333 e. The van der Waals surface area contributed by atoms with Gasteiger partial charge in [0, 0.05) is 87.8 Å². The molecule has 5 aliphatic rings. The number of rotatable bonds is 27.